The summed E-state index contributed by atoms with van der Waals surface area (Å²) >= 11 is 0. The SMILES string of the molecule is CC[C@H]1CC[C@H]2[C@@H]3C(OS(C)(=O)=O)C(OS(C)(=O)=O)C4=CC(=O)CC[C@]4(C)[C@H]3CC[C@]12C. The molecule has 0 amide bonds. The van der Waals surface area contributed by atoms with Gasteiger partial charge in [-0.15, -0.1) is 0 Å². The van der Waals surface area contributed by atoms with Crippen LogP contribution >= 0.6 is 0 Å². The summed E-state index contributed by atoms with van der Waals surface area (Å²) in [5.41, 5.74) is 0.228. The Bertz CT molecular complexity index is 1030. The quantitative estimate of drug-likeness (QED) is 0.546. The highest BCUT2D eigenvalue weighted by Crippen LogP contribution is 2.67. The van der Waals surface area contributed by atoms with Crippen molar-refractivity contribution >= 4 is 26.0 Å². The van der Waals surface area contributed by atoms with Crippen LogP contribution in [0.1, 0.15) is 65.7 Å². The molecule has 4 aliphatic rings. The molecule has 0 aromatic rings. The van der Waals surface area contributed by atoms with Crippen molar-refractivity contribution in [1.82, 2.24) is 0 Å². The Hall–Kier alpha value is -0.770. The lowest BCUT2D eigenvalue weighted by Crippen LogP contribution is -2.62. The Labute approximate surface area is 192 Å². The van der Waals surface area contributed by atoms with Gasteiger partial charge in [-0.1, -0.05) is 27.2 Å². The monoisotopic (exact) mass is 488 g/mol. The Morgan fingerprint density at radius 2 is 1.62 bits per heavy atom. The molecule has 182 valence electrons. The van der Waals surface area contributed by atoms with Gasteiger partial charge in [-0.25, -0.2) is 0 Å². The molecule has 0 aliphatic heterocycles. The van der Waals surface area contributed by atoms with Gasteiger partial charge < -0.3 is 0 Å². The highest BCUT2D eigenvalue weighted by molar-refractivity contribution is 7.86. The summed E-state index contributed by atoms with van der Waals surface area (Å²) in [6.45, 7) is 6.63. The van der Waals surface area contributed by atoms with E-state index in [1.165, 1.54) is 6.08 Å². The maximum Gasteiger partial charge on any atom is 0.265 e. The zero-order valence-electron chi connectivity index (χ0n) is 19.7. The number of carbonyl (C=O) groups excluding carboxylic acids is 1. The minimum Gasteiger partial charge on any atom is -0.295 e. The maximum atomic E-state index is 12.4. The van der Waals surface area contributed by atoms with E-state index in [1.807, 2.05) is 0 Å². The Morgan fingerprint density at radius 3 is 2.22 bits per heavy atom. The predicted octanol–water partition coefficient (Wildman–Crippen LogP) is 3.45. The first-order valence-electron chi connectivity index (χ1n) is 11.7. The van der Waals surface area contributed by atoms with Gasteiger partial charge in [0.15, 0.2) is 5.78 Å². The summed E-state index contributed by atoms with van der Waals surface area (Å²) in [6, 6.07) is 0. The molecular formula is C23H36O7S2. The van der Waals surface area contributed by atoms with Crippen molar-refractivity contribution in [3.63, 3.8) is 0 Å². The normalized spacial score (nSPS) is 44.4. The van der Waals surface area contributed by atoms with Crippen LogP contribution in [-0.4, -0.2) is 47.3 Å². The van der Waals surface area contributed by atoms with Gasteiger partial charge in [0.2, 0.25) is 0 Å². The molecular weight excluding hydrogens is 452 g/mol. The van der Waals surface area contributed by atoms with Crippen molar-refractivity contribution in [3.8, 4) is 0 Å². The van der Waals surface area contributed by atoms with Crippen LogP contribution in [0, 0.1) is 34.5 Å². The molecule has 0 N–H and O–H groups in total. The molecule has 0 aromatic heterocycles. The molecule has 0 bridgehead atoms. The van der Waals surface area contributed by atoms with Crippen LogP contribution in [0.2, 0.25) is 0 Å². The number of carbonyl (C=O) groups is 1. The molecule has 0 spiro atoms. The minimum atomic E-state index is -3.92. The fourth-order valence-corrected chi connectivity index (χ4v) is 9.13. The molecule has 0 saturated heterocycles. The molecule has 7 nitrogen and oxygen atoms in total. The zero-order valence-corrected chi connectivity index (χ0v) is 21.3. The van der Waals surface area contributed by atoms with Crippen molar-refractivity contribution in [3.05, 3.63) is 11.6 Å². The smallest absolute Gasteiger partial charge is 0.265 e. The third-order valence-electron chi connectivity index (χ3n) is 9.26. The number of hydrogen-bond donors (Lipinski definition) is 0. The van der Waals surface area contributed by atoms with E-state index in [4.69, 9.17) is 8.37 Å². The van der Waals surface area contributed by atoms with Gasteiger partial charge in [0.25, 0.3) is 20.2 Å². The van der Waals surface area contributed by atoms with Crippen molar-refractivity contribution < 1.29 is 30.0 Å². The first-order valence-corrected chi connectivity index (χ1v) is 15.3. The molecule has 0 aromatic carbocycles. The van der Waals surface area contributed by atoms with Gasteiger partial charge in [0.1, 0.15) is 12.2 Å². The Morgan fingerprint density at radius 1 is 0.969 bits per heavy atom. The second kappa shape index (κ2) is 7.89. The molecule has 0 heterocycles. The molecule has 3 saturated carbocycles. The van der Waals surface area contributed by atoms with Crippen molar-refractivity contribution in [2.45, 2.75) is 77.9 Å². The molecule has 4 rings (SSSR count). The number of rotatable bonds is 5. The third-order valence-corrected chi connectivity index (χ3v) is 10.4. The third kappa shape index (κ3) is 4.01. The van der Waals surface area contributed by atoms with Crippen LogP contribution in [0.15, 0.2) is 11.6 Å². The fourth-order valence-electron chi connectivity index (χ4n) is 7.91. The second-order valence-electron chi connectivity index (χ2n) is 11.0. The average molecular weight is 489 g/mol. The highest BCUT2D eigenvalue weighted by Gasteiger charge is 2.65. The van der Waals surface area contributed by atoms with Crippen LogP contribution in [0.4, 0.5) is 0 Å². The molecule has 3 fully saturated rings. The van der Waals surface area contributed by atoms with Crippen LogP contribution in [0.5, 0.6) is 0 Å². The molecule has 8 atom stereocenters. The van der Waals surface area contributed by atoms with E-state index in [2.05, 4.69) is 20.8 Å². The fraction of sp³-hybridized carbons (Fsp3) is 0.870. The van der Waals surface area contributed by atoms with Crippen LogP contribution in [0.3, 0.4) is 0 Å². The summed E-state index contributed by atoms with van der Waals surface area (Å²) in [7, 11) is -7.81. The Kier molecular flexibility index (Phi) is 6.00. The number of hydrogen-bond acceptors (Lipinski definition) is 7. The standard InChI is InChI=1S/C23H36O7S2/c1-6-14-7-8-16-19-17(10-12-22(14,16)2)23(3)11-9-15(24)13-18(23)20(29-31(4,25)26)21(19)30-32(5,27)28/h13-14,16-17,19-21H,6-12H2,1-5H3/t14-,16-,17-,19-,20?,21?,22+,23+/m0/s1. The van der Waals surface area contributed by atoms with E-state index in [9.17, 15) is 21.6 Å². The molecule has 2 unspecified atom stereocenters. The van der Waals surface area contributed by atoms with Crippen molar-refractivity contribution in [2.75, 3.05) is 12.5 Å². The molecule has 4 aliphatic carbocycles. The Balaban J connectivity index is 1.90. The average Bonchev–Trinajstić information content (AvgIpc) is 3.00. The topological polar surface area (TPSA) is 104 Å². The molecule has 0 radical (unpaired) electrons. The summed E-state index contributed by atoms with van der Waals surface area (Å²) in [6.07, 6.45) is 7.51. The van der Waals surface area contributed by atoms with Crippen LogP contribution in [0.25, 0.3) is 0 Å². The lowest BCUT2D eigenvalue weighted by atomic mass is 9.45. The van der Waals surface area contributed by atoms with E-state index in [1.54, 1.807) is 0 Å². The van der Waals surface area contributed by atoms with Gasteiger partial charge >= 0.3 is 0 Å². The summed E-state index contributed by atoms with van der Waals surface area (Å²) in [4.78, 5) is 12.4. The highest BCUT2D eigenvalue weighted by atomic mass is 32.2. The molecule has 9 heteroatoms. The van der Waals surface area contributed by atoms with Crippen LogP contribution < -0.4 is 0 Å². The maximum absolute atomic E-state index is 12.4. The summed E-state index contributed by atoms with van der Waals surface area (Å²) in [5.74, 6) is 0.659. The lowest BCUT2D eigenvalue weighted by molar-refractivity contribution is -0.136. The van der Waals surface area contributed by atoms with Gasteiger partial charge in [0, 0.05) is 6.42 Å². The van der Waals surface area contributed by atoms with Crippen molar-refractivity contribution in [1.29, 1.82) is 0 Å². The van der Waals surface area contributed by atoms with E-state index in [0.717, 1.165) is 44.6 Å². The number of fused-ring (bicyclic) bond motifs is 5. The summed E-state index contributed by atoms with van der Waals surface area (Å²) in [5, 5.41) is 0. The first-order chi connectivity index (χ1) is 14.7. The van der Waals surface area contributed by atoms with Gasteiger partial charge in [-0.3, -0.25) is 13.2 Å². The minimum absolute atomic E-state index is 0.0622. The van der Waals surface area contributed by atoms with Crippen LogP contribution in [-0.2, 0) is 33.4 Å². The zero-order chi connectivity index (χ0) is 23.7. The second-order valence-corrected chi connectivity index (χ2v) is 14.2. The van der Waals surface area contributed by atoms with E-state index in [-0.39, 0.29) is 29.0 Å². The number of ketones is 1. The van der Waals surface area contributed by atoms with E-state index in [0.29, 0.717) is 24.3 Å². The van der Waals surface area contributed by atoms with E-state index < -0.39 is 37.9 Å². The largest absolute Gasteiger partial charge is 0.295 e. The predicted molar refractivity (Wildman–Crippen MR) is 121 cm³/mol. The lowest BCUT2D eigenvalue weighted by Gasteiger charge is -2.61. The van der Waals surface area contributed by atoms with Gasteiger partial charge in [-0.05, 0) is 78.3 Å². The molecule has 32 heavy (non-hydrogen) atoms. The van der Waals surface area contributed by atoms with E-state index >= 15 is 0 Å². The van der Waals surface area contributed by atoms with Crippen molar-refractivity contribution in [2.24, 2.45) is 34.5 Å². The van der Waals surface area contributed by atoms with Gasteiger partial charge in [0.05, 0.1) is 12.5 Å². The summed E-state index contributed by atoms with van der Waals surface area (Å²) < 4.78 is 60.6. The first kappa shape index (κ1) is 24.4. The van der Waals surface area contributed by atoms with Gasteiger partial charge in [-0.2, -0.15) is 16.8 Å².